The topological polar surface area (TPSA) is 41.1 Å². The predicted octanol–water partition coefficient (Wildman–Crippen LogP) is 2.17. The first-order valence-corrected chi connectivity index (χ1v) is 6.26. The van der Waals surface area contributed by atoms with Crippen LogP contribution in [0.5, 0.6) is 0 Å². The average Bonchev–Trinajstić information content (AvgIpc) is 2.33. The highest BCUT2D eigenvalue weighted by atomic mass is 35.5. The molecule has 1 aromatic carbocycles. The van der Waals surface area contributed by atoms with E-state index in [0.29, 0.717) is 11.6 Å². The van der Waals surface area contributed by atoms with E-state index < -0.39 is 0 Å². The minimum absolute atomic E-state index is 0.0326. The second-order valence-corrected chi connectivity index (χ2v) is 4.36. The summed E-state index contributed by atoms with van der Waals surface area (Å²) in [5.74, 6) is -0.138. The lowest BCUT2D eigenvalue weighted by Crippen LogP contribution is -2.34. The first kappa shape index (κ1) is 14.0. The maximum absolute atomic E-state index is 11.8. The van der Waals surface area contributed by atoms with Crippen molar-refractivity contribution in [3.63, 3.8) is 0 Å². The third kappa shape index (κ3) is 4.75. The van der Waals surface area contributed by atoms with Crippen LogP contribution in [0.4, 0.5) is 0 Å². The van der Waals surface area contributed by atoms with Crippen LogP contribution < -0.4 is 10.6 Å². The Labute approximate surface area is 108 Å². The Balaban J connectivity index is 2.46. The van der Waals surface area contributed by atoms with Crippen molar-refractivity contribution in [2.24, 2.45) is 0 Å². The van der Waals surface area contributed by atoms with E-state index in [1.807, 2.05) is 32.0 Å². The molecule has 4 heteroatoms. The molecule has 1 amide bonds. The van der Waals surface area contributed by atoms with Crippen LogP contribution in [0.15, 0.2) is 24.3 Å². The zero-order valence-electron chi connectivity index (χ0n) is 10.3. The maximum atomic E-state index is 11.8. The summed E-state index contributed by atoms with van der Waals surface area (Å²) in [4.78, 5) is 11.8. The van der Waals surface area contributed by atoms with Gasteiger partial charge in [0.05, 0.1) is 5.92 Å². The fraction of sp³-hybridized carbons (Fsp3) is 0.462. The molecule has 17 heavy (non-hydrogen) atoms. The van der Waals surface area contributed by atoms with Gasteiger partial charge in [-0.05, 0) is 31.2 Å². The van der Waals surface area contributed by atoms with Crippen molar-refractivity contribution < 1.29 is 4.79 Å². The number of carbonyl (C=O) groups excluding carboxylic acids is 1. The van der Waals surface area contributed by atoms with E-state index in [0.717, 1.165) is 18.7 Å². The highest BCUT2D eigenvalue weighted by Crippen LogP contribution is 2.19. The fourth-order valence-corrected chi connectivity index (χ4v) is 1.73. The summed E-state index contributed by atoms with van der Waals surface area (Å²) in [6.45, 7) is 6.28. The second-order valence-electron chi connectivity index (χ2n) is 3.92. The van der Waals surface area contributed by atoms with Gasteiger partial charge >= 0.3 is 0 Å². The van der Waals surface area contributed by atoms with Crippen molar-refractivity contribution >= 4 is 17.5 Å². The van der Waals surface area contributed by atoms with Crippen molar-refractivity contribution in [1.29, 1.82) is 0 Å². The molecule has 0 heterocycles. The summed E-state index contributed by atoms with van der Waals surface area (Å²) < 4.78 is 0. The minimum atomic E-state index is -0.171. The maximum Gasteiger partial charge on any atom is 0.227 e. The lowest BCUT2D eigenvalue weighted by atomic mass is 10.0. The SMILES string of the molecule is CCNCCNC(=O)C(C)c1cccc(Cl)c1. The molecule has 0 aliphatic heterocycles. The van der Waals surface area contributed by atoms with Crippen LogP contribution in [0, 0.1) is 0 Å². The molecule has 0 saturated carbocycles. The van der Waals surface area contributed by atoms with Crippen LogP contribution in [-0.4, -0.2) is 25.5 Å². The summed E-state index contributed by atoms with van der Waals surface area (Å²) >= 11 is 5.90. The number of rotatable bonds is 6. The van der Waals surface area contributed by atoms with E-state index in [2.05, 4.69) is 10.6 Å². The van der Waals surface area contributed by atoms with Crippen molar-refractivity contribution in [1.82, 2.24) is 10.6 Å². The Morgan fingerprint density at radius 2 is 2.18 bits per heavy atom. The quantitative estimate of drug-likeness (QED) is 0.764. The third-order valence-electron chi connectivity index (χ3n) is 2.59. The minimum Gasteiger partial charge on any atom is -0.354 e. The predicted molar refractivity (Wildman–Crippen MR) is 71.4 cm³/mol. The number of hydrogen-bond donors (Lipinski definition) is 2. The molecule has 0 bridgehead atoms. The van der Waals surface area contributed by atoms with Crippen LogP contribution in [0.2, 0.25) is 5.02 Å². The normalized spacial score (nSPS) is 12.2. The van der Waals surface area contributed by atoms with Gasteiger partial charge in [0.15, 0.2) is 0 Å². The molecule has 0 fully saturated rings. The lowest BCUT2D eigenvalue weighted by Gasteiger charge is -2.12. The summed E-state index contributed by atoms with van der Waals surface area (Å²) in [5, 5.41) is 6.71. The van der Waals surface area contributed by atoms with Crippen molar-refractivity contribution in [3.8, 4) is 0 Å². The molecule has 1 atom stereocenters. The number of amides is 1. The van der Waals surface area contributed by atoms with E-state index >= 15 is 0 Å². The van der Waals surface area contributed by atoms with E-state index in [9.17, 15) is 4.79 Å². The second kappa shape index (κ2) is 7.30. The van der Waals surface area contributed by atoms with Gasteiger partial charge < -0.3 is 10.6 Å². The standard InChI is InChI=1S/C13H19ClN2O/c1-3-15-7-8-16-13(17)10(2)11-5-4-6-12(14)9-11/h4-6,9-10,15H,3,7-8H2,1-2H3,(H,16,17). The van der Waals surface area contributed by atoms with Gasteiger partial charge in [0.25, 0.3) is 0 Å². The molecule has 0 aliphatic rings. The van der Waals surface area contributed by atoms with E-state index in [4.69, 9.17) is 11.6 Å². The van der Waals surface area contributed by atoms with Crippen molar-refractivity contribution in [2.45, 2.75) is 19.8 Å². The Morgan fingerprint density at radius 1 is 1.41 bits per heavy atom. The van der Waals surface area contributed by atoms with Gasteiger partial charge in [-0.1, -0.05) is 30.7 Å². The van der Waals surface area contributed by atoms with Gasteiger partial charge in [-0.25, -0.2) is 0 Å². The molecule has 0 aromatic heterocycles. The Hall–Kier alpha value is -1.06. The smallest absolute Gasteiger partial charge is 0.227 e. The Bertz CT molecular complexity index is 368. The molecule has 94 valence electrons. The first-order valence-electron chi connectivity index (χ1n) is 5.89. The van der Waals surface area contributed by atoms with Crippen LogP contribution in [0.1, 0.15) is 25.3 Å². The highest BCUT2D eigenvalue weighted by molar-refractivity contribution is 6.30. The van der Waals surface area contributed by atoms with Crippen molar-refractivity contribution in [3.05, 3.63) is 34.9 Å². The van der Waals surface area contributed by atoms with Gasteiger partial charge in [0.1, 0.15) is 0 Å². The van der Waals surface area contributed by atoms with Crippen LogP contribution in [0.25, 0.3) is 0 Å². The monoisotopic (exact) mass is 254 g/mol. The Kier molecular flexibility index (Phi) is 6.01. The molecule has 1 rings (SSSR count). The zero-order chi connectivity index (χ0) is 12.7. The summed E-state index contributed by atoms with van der Waals surface area (Å²) in [6.07, 6.45) is 0. The molecule has 1 unspecified atom stereocenters. The van der Waals surface area contributed by atoms with Gasteiger partial charge in [0.2, 0.25) is 5.91 Å². The summed E-state index contributed by atoms with van der Waals surface area (Å²) in [7, 11) is 0. The van der Waals surface area contributed by atoms with Crippen LogP contribution in [0.3, 0.4) is 0 Å². The number of likely N-dealkylation sites (N-methyl/N-ethyl adjacent to an activating group) is 1. The number of benzene rings is 1. The number of halogens is 1. The molecule has 0 spiro atoms. The van der Waals surface area contributed by atoms with Gasteiger partial charge in [-0.15, -0.1) is 0 Å². The van der Waals surface area contributed by atoms with Crippen molar-refractivity contribution in [2.75, 3.05) is 19.6 Å². The van der Waals surface area contributed by atoms with E-state index in [1.165, 1.54) is 0 Å². The lowest BCUT2D eigenvalue weighted by molar-refractivity contribution is -0.122. The van der Waals surface area contributed by atoms with E-state index in [1.54, 1.807) is 6.07 Å². The molecule has 0 radical (unpaired) electrons. The van der Waals surface area contributed by atoms with Gasteiger partial charge in [0, 0.05) is 18.1 Å². The summed E-state index contributed by atoms with van der Waals surface area (Å²) in [6, 6.07) is 7.41. The summed E-state index contributed by atoms with van der Waals surface area (Å²) in [5.41, 5.74) is 0.943. The molecule has 1 aromatic rings. The fourth-order valence-electron chi connectivity index (χ4n) is 1.53. The molecular formula is C13H19ClN2O. The molecule has 0 saturated heterocycles. The third-order valence-corrected chi connectivity index (χ3v) is 2.83. The zero-order valence-corrected chi connectivity index (χ0v) is 11.1. The molecular weight excluding hydrogens is 236 g/mol. The number of carbonyl (C=O) groups is 1. The van der Waals surface area contributed by atoms with Crippen LogP contribution in [-0.2, 0) is 4.79 Å². The average molecular weight is 255 g/mol. The first-order chi connectivity index (χ1) is 8.15. The van der Waals surface area contributed by atoms with Gasteiger partial charge in [-0.3, -0.25) is 4.79 Å². The largest absolute Gasteiger partial charge is 0.354 e. The van der Waals surface area contributed by atoms with Gasteiger partial charge in [-0.2, -0.15) is 0 Å². The Morgan fingerprint density at radius 3 is 2.82 bits per heavy atom. The number of hydrogen-bond acceptors (Lipinski definition) is 2. The number of nitrogens with one attached hydrogen (secondary N) is 2. The molecule has 2 N–H and O–H groups in total. The van der Waals surface area contributed by atoms with E-state index in [-0.39, 0.29) is 11.8 Å². The molecule has 0 aliphatic carbocycles. The van der Waals surface area contributed by atoms with Crippen LogP contribution >= 0.6 is 11.6 Å². The molecule has 3 nitrogen and oxygen atoms in total. The highest BCUT2D eigenvalue weighted by Gasteiger charge is 2.14.